The van der Waals surface area contributed by atoms with Gasteiger partial charge in [0.25, 0.3) is 0 Å². The molecule has 1 unspecified atom stereocenters. The second kappa shape index (κ2) is 3.21. The summed E-state index contributed by atoms with van der Waals surface area (Å²) in [7, 11) is 2.02. The van der Waals surface area contributed by atoms with Crippen LogP contribution in [0.15, 0.2) is 0 Å². The van der Waals surface area contributed by atoms with Crippen molar-refractivity contribution in [3.05, 3.63) is 0 Å². The highest BCUT2D eigenvalue weighted by molar-refractivity contribution is 5.07. The van der Waals surface area contributed by atoms with Crippen LogP contribution in [-0.2, 0) is 0 Å². The third-order valence-electron chi connectivity index (χ3n) is 2.19. The van der Waals surface area contributed by atoms with E-state index in [9.17, 15) is 0 Å². The second-order valence-corrected chi connectivity index (χ2v) is 3.46. The Labute approximate surface area is 67.8 Å². The zero-order valence-corrected chi connectivity index (χ0v) is 7.01. The quantitative estimate of drug-likeness (QED) is 0.545. The Morgan fingerprint density at radius 2 is 2.27 bits per heavy atom. The van der Waals surface area contributed by atoms with Crippen molar-refractivity contribution in [2.24, 2.45) is 5.73 Å². The van der Waals surface area contributed by atoms with E-state index in [1.807, 2.05) is 7.05 Å². The molecule has 3 heteroatoms. The van der Waals surface area contributed by atoms with E-state index < -0.39 is 5.54 Å². The van der Waals surface area contributed by atoms with Crippen LogP contribution < -0.4 is 5.73 Å². The minimum Gasteiger partial charge on any atom is -0.312 e. The van der Waals surface area contributed by atoms with Gasteiger partial charge in [-0.25, -0.2) is 0 Å². The van der Waals surface area contributed by atoms with E-state index in [1.54, 1.807) is 0 Å². The summed E-state index contributed by atoms with van der Waals surface area (Å²) >= 11 is 0. The average molecular weight is 153 g/mol. The highest BCUT2D eigenvalue weighted by Crippen LogP contribution is 2.16. The van der Waals surface area contributed by atoms with Gasteiger partial charge < -0.3 is 10.6 Å². The van der Waals surface area contributed by atoms with E-state index in [0.717, 1.165) is 25.8 Å². The second-order valence-electron chi connectivity index (χ2n) is 3.46. The Balaban J connectivity index is 2.60. The predicted molar refractivity (Wildman–Crippen MR) is 43.9 cm³/mol. The molecule has 1 aliphatic rings. The minimum atomic E-state index is -0.592. The Kier molecular flexibility index (Phi) is 2.48. The standard InChI is InChI=1S/C8H15N3/c1-11-5-3-2-4-8(10,6-9)7-11/h2-5,7,10H2,1H3. The summed E-state index contributed by atoms with van der Waals surface area (Å²) in [5.41, 5.74) is 5.25. The summed E-state index contributed by atoms with van der Waals surface area (Å²) in [6.45, 7) is 1.78. The van der Waals surface area contributed by atoms with Crippen LogP contribution in [0.1, 0.15) is 19.3 Å². The monoisotopic (exact) mass is 153 g/mol. The molecule has 11 heavy (non-hydrogen) atoms. The average Bonchev–Trinajstić information content (AvgIpc) is 2.13. The molecule has 62 valence electrons. The Morgan fingerprint density at radius 1 is 1.55 bits per heavy atom. The normalized spacial score (nSPS) is 34.3. The van der Waals surface area contributed by atoms with Gasteiger partial charge in [0.1, 0.15) is 5.54 Å². The first kappa shape index (κ1) is 8.51. The molecule has 0 aromatic rings. The maximum Gasteiger partial charge on any atom is 0.117 e. The van der Waals surface area contributed by atoms with Gasteiger partial charge in [-0.3, -0.25) is 0 Å². The fraction of sp³-hybridized carbons (Fsp3) is 0.875. The first-order chi connectivity index (χ1) is 5.16. The van der Waals surface area contributed by atoms with E-state index >= 15 is 0 Å². The molecule has 1 fully saturated rings. The number of rotatable bonds is 0. The molecule has 2 N–H and O–H groups in total. The first-order valence-corrected chi connectivity index (χ1v) is 4.05. The largest absolute Gasteiger partial charge is 0.312 e. The summed E-state index contributed by atoms with van der Waals surface area (Å²) in [5.74, 6) is 0. The van der Waals surface area contributed by atoms with Crippen molar-refractivity contribution in [3.8, 4) is 6.07 Å². The van der Waals surface area contributed by atoms with Gasteiger partial charge in [-0.1, -0.05) is 0 Å². The summed E-state index contributed by atoms with van der Waals surface area (Å²) in [6.07, 6.45) is 3.08. The highest BCUT2D eigenvalue weighted by Gasteiger charge is 2.27. The van der Waals surface area contributed by atoms with Gasteiger partial charge in [0.05, 0.1) is 6.07 Å². The van der Waals surface area contributed by atoms with Gasteiger partial charge >= 0.3 is 0 Å². The van der Waals surface area contributed by atoms with Crippen LogP contribution in [0.2, 0.25) is 0 Å². The zero-order valence-electron chi connectivity index (χ0n) is 7.01. The molecule has 0 radical (unpaired) electrons. The molecular formula is C8H15N3. The van der Waals surface area contributed by atoms with Crippen LogP contribution in [0, 0.1) is 11.3 Å². The topological polar surface area (TPSA) is 53.0 Å². The molecule has 1 aliphatic heterocycles. The van der Waals surface area contributed by atoms with Crippen LogP contribution in [0.3, 0.4) is 0 Å². The van der Waals surface area contributed by atoms with Crippen molar-refractivity contribution in [3.63, 3.8) is 0 Å². The van der Waals surface area contributed by atoms with Crippen molar-refractivity contribution in [2.75, 3.05) is 20.1 Å². The molecule has 1 heterocycles. The molecule has 0 aliphatic carbocycles. The number of nitrogens with zero attached hydrogens (tertiary/aromatic N) is 2. The van der Waals surface area contributed by atoms with Crippen LogP contribution >= 0.6 is 0 Å². The summed E-state index contributed by atoms with van der Waals surface area (Å²) in [5, 5.41) is 8.79. The zero-order chi connectivity index (χ0) is 8.32. The molecule has 0 saturated carbocycles. The van der Waals surface area contributed by atoms with Gasteiger partial charge in [0.2, 0.25) is 0 Å². The fourth-order valence-electron chi connectivity index (χ4n) is 1.55. The molecule has 0 aromatic carbocycles. The lowest BCUT2D eigenvalue weighted by molar-refractivity contribution is 0.303. The van der Waals surface area contributed by atoms with Gasteiger partial charge in [0, 0.05) is 6.54 Å². The lowest BCUT2D eigenvalue weighted by atomic mass is 9.97. The van der Waals surface area contributed by atoms with Crippen LogP contribution in [0.25, 0.3) is 0 Å². The number of nitriles is 1. The number of likely N-dealkylation sites (tertiary alicyclic amines) is 1. The van der Waals surface area contributed by atoms with E-state index in [0.29, 0.717) is 6.54 Å². The van der Waals surface area contributed by atoms with E-state index in [4.69, 9.17) is 11.0 Å². The molecule has 0 bridgehead atoms. The molecule has 0 amide bonds. The molecule has 0 spiro atoms. The van der Waals surface area contributed by atoms with Gasteiger partial charge in [-0.05, 0) is 32.9 Å². The summed E-state index contributed by atoms with van der Waals surface area (Å²) in [6, 6.07) is 2.19. The number of hydrogen-bond donors (Lipinski definition) is 1. The maximum atomic E-state index is 8.79. The van der Waals surface area contributed by atoms with Crippen LogP contribution in [-0.4, -0.2) is 30.6 Å². The molecule has 1 saturated heterocycles. The van der Waals surface area contributed by atoms with Gasteiger partial charge in [0.15, 0.2) is 0 Å². The van der Waals surface area contributed by atoms with E-state index in [1.165, 1.54) is 0 Å². The van der Waals surface area contributed by atoms with Crippen LogP contribution in [0.4, 0.5) is 0 Å². The van der Waals surface area contributed by atoms with Gasteiger partial charge in [-0.15, -0.1) is 0 Å². The summed E-state index contributed by atoms with van der Waals surface area (Å²) in [4.78, 5) is 2.14. The Bertz CT molecular complexity index is 173. The van der Waals surface area contributed by atoms with Crippen molar-refractivity contribution in [2.45, 2.75) is 24.8 Å². The van der Waals surface area contributed by atoms with Crippen molar-refractivity contribution in [1.29, 1.82) is 5.26 Å². The lowest BCUT2D eigenvalue weighted by Gasteiger charge is -2.23. The molecule has 0 aromatic heterocycles. The van der Waals surface area contributed by atoms with Crippen molar-refractivity contribution in [1.82, 2.24) is 4.90 Å². The highest BCUT2D eigenvalue weighted by atomic mass is 15.1. The first-order valence-electron chi connectivity index (χ1n) is 4.05. The van der Waals surface area contributed by atoms with Crippen molar-refractivity contribution < 1.29 is 0 Å². The van der Waals surface area contributed by atoms with Crippen LogP contribution in [0.5, 0.6) is 0 Å². The number of likely N-dealkylation sites (N-methyl/N-ethyl adjacent to an activating group) is 1. The maximum absolute atomic E-state index is 8.79. The fourth-order valence-corrected chi connectivity index (χ4v) is 1.55. The van der Waals surface area contributed by atoms with E-state index in [2.05, 4.69) is 11.0 Å². The smallest absolute Gasteiger partial charge is 0.117 e. The third-order valence-corrected chi connectivity index (χ3v) is 2.19. The number of hydrogen-bond acceptors (Lipinski definition) is 3. The minimum absolute atomic E-state index is 0.592. The predicted octanol–water partition coefficient (Wildman–Crippen LogP) is 0.323. The van der Waals surface area contributed by atoms with Crippen molar-refractivity contribution >= 4 is 0 Å². The Hall–Kier alpha value is -0.590. The third kappa shape index (κ3) is 2.18. The van der Waals surface area contributed by atoms with E-state index in [-0.39, 0.29) is 0 Å². The summed E-state index contributed by atoms with van der Waals surface area (Å²) < 4.78 is 0. The molecule has 1 atom stereocenters. The van der Waals surface area contributed by atoms with Gasteiger partial charge in [-0.2, -0.15) is 5.26 Å². The molecular weight excluding hydrogens is 138 g/mol. The molecule has 1 rings (SSSR count). The lowest BCUT2D eigenvalue weighted by Crippen LogP contribution is -2.46. The SMILES string of the molecule is CN1CCCCC(N)(C#N)C1. The molecule has 3 nitrogen and oxygen atoms in total. The Morgan fingerprint density at radius 3 is 2.91 bits per heavy atom. The number of nitrogens with two attached hydrogens (primary N) is 1.